The maximum absolute atomic E-state index is 11.6. The first-order valence-corrected chi connectivity index (χ1v) is 6.53. The molecule has 1 heterocycles. The molecule has 0 aliphatic carbocycles. The number of benzene rings is 1. The normalized spacial score (nSPS) is 27.2. The molecule has 4 nitrogen and oxygen atoms in total. The minimum atomic E-state index is -0.459. The molecule has 0 saturated carbocycles. The van der Waals surface area contributed by atoms with E-state index in [4.69, 9.17) is 9.47 Å². The van der Waals surface area contributed by atoms with E-state index in [-0.39, 0.29) is 12.0 Å². The van der Waals surface area contributed by atoms with Crippen LogP contribution in [0.4, 0.5) is 0 Å². The van der Waals surface area contributed by atoms with Gasteiger partial charge in [0.1, 0.15) is 11.6 Å². The van der Waals surface area contributed by atoms with E-state index in [0.29, 0.717) is 13.0 Å². The van der Waals surface area contributed by atoms with Crippen LogP contribution in [0.25, 0.3) is 0 Å². The molecule has 98 valence electrons. The van der Waals surface area contributed by atoms with E-state index < -0.39 is 5.60 Å². The van der Waals surface area contributed by atoms with Gasteiger partial charge in [0.25, 0.3) is 0 Å². The van der Waals surface area contributed by atoms with Crippen molar-refractivity contribution in [1.29, 1.82) is 0 Å². The van der Waals surface area contributed by atoms with Crippen molar-refractivity contribution in [2.24, 2.45) is 0 Å². The molecule has 18 heavy (non-hydrogen) atoms. The van der Waals surface area contributed by atoms with Gasteiger partial charge in [-0.05, 0) is 17.7 Å². The fourth-order valence-electron chi connectivity index (χ4n) is 2.32. The number of ether oxygens (including phenoxy) is 2. The topological polar surface area (TPSA) is 47.6 Å². The van der Waals surface area contributed by atoms with E-state index in [1.165, 1.54) is 7.11 Å². The van der Waals surface area contributed by atoms with Gasteiger partial charge in [-0.2, -0.15) is 0 Å². The molecule has 1 unspecified atom stereocenters. The largest absolute Gasteiger partial charge is 0.468 e. The van der Waals surface area contributed by atoms with Crippen LogP contribution in [-0.4, -0.2) is 32.8 Å². The van der Waals surface area contributed by atoms with Gasteiger partial charge in [0.15, 0.2) is 0 Å². The Bertz CT molecular complexity index is 434. The maximum Gasteiger partial charge on any atom is 0.322 e. The Balaban J connectivity index is 2.23. The average Bonchev–Trinajstić information content (AvgIpc) is 2.84. The molecule has 0 aromatic heterocycles. The highest BCUT2D eigenvalue weighted by molar-refractivity contribution is 9.10. The molecule has 0 bridgehead atoms. The van der Waals surface area contributed by atoms with E-state index in [1.54, 1.807) is 7.11 Å². The maximum atomic E-state index is 11.6. The summed E-state index contributed by atoms with van der Waals surface area (Å²) in [5, 5.41) is 3.15. The van der Waals surface area contributed by atoms with Crippen molar-refractivity contribution < 1.29 is 14.3 Å². The van der Waals surface area contributed by atoms with Crippen molar-refractivity contribution in [3.05, 3.63) is 34.3 Å². The standard InChI is InChI=1S/C13H16BrNO3/c1-17-12(16)11-7-13(18-2,8-15-11)9-3-5-10(14)6-4-9/h3-6,11,15H,7-8H2,1-2H3/t11?,13-/m0/s1. The fraction of sp³-hybridized carbons (Fsp3) is 0.462. The van der Waals surface area contributed by atoms with Crippen LogP contribution in [0, 0.1) is 0 Å². The highest BCUT2D eigenvalue weighted by atomic mass is 79.9. The van der Waals surface area contributed by atoms with Crippen molar-refractivity contribution in [2.75, 3.05) is 20.8 Å². The lowest BCUT2D eigenvalue weighted by atomic mass is 9.91. The molecule has 5 heteroatoms. The molecule has 1 aliphatic heterocycles. The van der Waals surface area contributed by atoms with E-state index >= 15 is 0 Å². The Labute approximate surface area is 115 Å². The number of carbonyl (C=O) groups is 1. The third-order valence-corrected chi connectivity index (χ3v) is 3.94. The van der Waals surface area contributed by atoms with Crippen molar-refractivity contribution in [1.82, 2.24) is 5.32 Å². The second kappa shape index (κ2) is 5.38. The molecule has 2 rings (SSSR count). The molecular weight excluding hydrogens is 298 g/mol. The van der Waals surface area contributed by atoms with Gasteiger partial charge >= 0.3 is 5.97 Å². The quantitative estimate of drug-likeness (QED) is 0.865. The molecule has 2 atom stereocenters. The van der Waals surface area contributed by atoms with Crippen molar-refractivity contribution >= 4 is 21.9 Å². The molecule has 1 aliphatic rings. The van der Waals surface area contributed by atoms with Gasteiger partial charge in [-0.15, -0.1) is 0 Å². The SMILES string of the molecule is COC(=O)C1C[C@@](OC)(c2ccc(Br)cc2)CN1. The first-order chi connectivity index (χ1) is 8.61. The fourth-order valence-corrected chi connectivity index (χ4v) is 2.58. The van der Waals surface area contributed by atoms with E-state index in [2.05, 4.69) is 21.2 Å². The van der Waals surface area contributed by atoms with Gasteiger partial charge in [-0.25, -0.2) is 0 Å². The third kappa shape index (κ3) is 2.43. The molecule has 1 fully saturated rings. The summed E-state index contributed by atoms with van der Waals surface area (Å²) in [5.41, 5.74) is 0.603. The molecule has 1 N–H and O–H groups in total. The highest BCUT2D eigenvalue weighted by Crippen LogP contribution is 2.34. The number of halogens is 1. The second-order valence-electron chi connectivity index (χ2n) is 4.37. The molecule has 0 spiro atoms. The zero-order valence-electron chi connectivity index (χ0n) is 10.4. The minimum absolute atomic E-state index is 0.244. The Morgan fingerprint density at radius 2 is 2.06 bits per heavy atom. The number of rotatable bonds is 3. The van der Waals surface area contributed by atoms with Gasteiger partial charge in [0.2, 0.25) is 0 Å². The number of carbonyl (C=O) groups excluding carboxylic acids is 1. The van der Waals surface area contributed by atoms with Gasteiger partial charge in [-0.1, -0.05) is 28.1 Å². The number of methoxy groups -OCH3 is 2. The van der Waals surface area contributed by atoms with Crippen molar-refractivity contribution in [3.63, 3.8) is 0 Å². The van der Waals surface area contributed by atoms with Crippen LogP contribution >= 0.6 is 15.9 Å². The smallest absolute Gasteiger partial charge is 0.322 e. The first kappa shape index (κ1) is 13.5. The summed E-state index contributed by atoms with van der Waals surface area (Å²) in [6.45, 7) is 0.602. The predicted octanol–water partition coefficient (Wildman–Crippen LogP) is 1.83. The number of hydrogen-bond acceptors (Lipinski definition) is 4. The average molecular weight is 314 g/mol. The van der Waals surface area contributed by atoms with Crippen LogP contribution in [0.2, 0.25) is 0 Å². The van der Waals surface area contributed by atoms with Crippen LogP contribution in [0.1, 0.15) is 12.0 Å². The van der Waals surface area contributed by atoms with E-state index in [0.717, 1.165) is 10.0 Å². The lowest BCUT2D eigenvalue weighted by molar-refractivity contribution is -0.143. The zero-order valence-corrected chi connectivity index (χ0v) is 12.0. The Morgan fingerprint density at radius 1 is 1.39 bits per heavy atom. The van der Waals surface area contributed by atoms with E-state index in [9.17, 15) is 4.79 Å². The second-order valence-corrected chi connectivity index (χ2v) is 5.28. The Morgan fingerprint density at radius 3 is 2.61 bits per heavy atom. The van der Waals surface area contributed by atoms with Crippen molar-refractivity contribution in [3.8, 4) is 0 Å². The predicted molar refractivity (Wildman–Crippen MR) is 71.3 cm³/mol. The third-order valence-electron chi connectivity index (χ3n) is 3.41. The molecule has 1 aromatic rings. The van der Waals surface area contributed by atoms with Crippen LogP contribution in [0.15, 0.2) is 28.7 Å². The van der Waals surface area contributed by atoms with E-state index in [1.807, 2.05) is 24.3 Å². The highest BCUT2D eigenvalue weighted by Gasteiger charge is 2.43. The molecule has 0 radical (unpaired) electrons. The van der Waals surface area contributed by atoms with Gasteiger partial charge in [0.05, 0.1) is 7.11 Å². The lowest BCUT2D eigenvalue weighted by Gasteiger charge is -2.27. The summed E-state index contributed by atoms with van der Waals surface area (Å²) in [5.74, 6) is -0.244. The van der Waals surface area contributed by atoms with Crippen LogP contribution in [0.5, 0.6) is 0 Å². The summed E-state index contributed by atoms with van der Waals surface area (Å²) < 4.78 is 11.4. The molecule has 1 aromatic carbocycles. The number of nitrogens with one attached hydrogen (secondary N) is 1. The molecular formula is C13H16BrNO3. The summed E-state index contributed by atoms with van der Waals surface area (Å²) in [7, 11) is 3.07. The first-order valence-electron chi connectivity index (χ1n) is 5.74. The minimum Gasteiger partial charge on any atom is -0.468 e. The van der Waals surface area contributed by atoms with Gasteiger partial charge in [-0.3, -0.25) is 4.79 Å². The van der Waals surface area contributed by atoms with Gasteiger partial charge in [0, 0.05) is 24.5 Å². The monoisotopic (exact) mass is 313 g/mol. The number of hydrogen-bond donors (Lipinski definition) is 1. The Hall–Kier alpha value is -0.910. The van der Waals surface area contributed by atoms with Crippen LogP contribution < -0.4 is 5.32 Å². The summed E-state index contributed by atoms with van der Waals surface area (Å²) >= 11 is 3.41. The molecule has 1 saturated heterocycles. The Kier molecular flexibility index (Phi) is 4.04. The van der Waals surface area contributed by atoms with Crippen LogP contribution in [0.3, 0.4) is 0 Å². The summed E-state index contributed by atoms with van der Waals surface area (Å²) in [6, 6.07) is 7.66. The zero-order chi connectivity index (χ0) is 13.2. The van der Waals surface area contributed by atoms with Gasteiger partial charge < -0.3 is 14.8 Å². The van der Waals surface area contributed by atoms with Crippen LogP contribution in [-0.2, 0) is 19.9 Å². The molecule has 0 amide bonds. The number of esters is 1. The van der Waals surface area contributed by atoms with Crippen molar-refractivity contribution in [2.45, 2.75) is 18.1 Å². The summed E-state index contributed by atoms with van der Waals surface area (Å²) in [6.07, 6.45) is 0.581. The lowest BCUT2D eigenvalue weighted by Crippen LogP contribution is -2.31. The summed E-state index contributed by atoms with van der Waals surface area (Å²) in [4.78, 5) is 11.6.